The second-order valence-electron chi connectivity index (χ2n) is 3.40. The summed E-state index contributed by atoms with van der Waals surface area (Å²) in [7, 11) is -4.06. The summed E-state index contributed by atoms with van der Waals surface area (Å²) in [5, 5.41) is 0. The number of rotatable bonds is 8. The molecule has 0 aromatic heterocycles. The van der Waals surface area contributed by atoms with Gasteiger partial charge in [0, 0.05) is 0 Å². The normalized spacial score (nSPS) is 11.6. The molecule has 0 amide bonds. The van der Waals surface area contributed by atoms with Crippen LogP contribution in [0.2, 0.25) is 0 Å². The van der Waals surface area contributed by atoms with E-state index in [0.717, 1.165) is 12.8 Å². The van der Waals surface area contributed by atoms with Crippen LogP contribution in [0.4, 0.5) is 0 Å². The minimum Gasteiger partial charge on any atom is -0.748 e. The molecule has 0 N–H and O–H groups in total. The summed E-state index contributed by atoms with van der Waals surface area (Å²) >= 11 is 0. The van der Waals surface area contributed by atoms with Gasteiger partial charge in [0.1, 0.15) is 0 Å². The largest absolute Gasteiger partial charge is 1.00 e. The van der Waals surface area contributed by atoms with E-state index in [9.17, 15) is 13.0 Å². The summed E-state index contributed by atoms with van der Waals surface area (Å²) < 4.78 is 30.6. The Hall–Kier alpha value is 0.650. The van der Waals surface area contributed by atoms with Gasteiger partial charge in [-0.15, -0.1) is 0 Å². The monoisotopic (exact) mass is 242 g/mol. The van der Waals surface area contributed by atoms with Crippen LogP contribution >= 0.6 is 0 Å². The van der Waals surface area contributed by atoms with Gasteiger partial charge in [0.2, 0.25) is 0 Å². The van der Waals surface area contributed by atoms with Gasteiger partial charge in [0.25, 0.3) is 0 Å². The summed E-state index contributed by atoms with van der Waals surface area (Å²) in [5.41, 5.74) is 0. The van der Waals surface area contributed by atoms with Gasteiger partial charge in [0.05, 0.1) is 15.9 Å². The molecule has 0 fully saturated rings. The van der Waals surface area contributed by atoms with Crippen LogP contribution in [-0.2, 0) is 10.1 Å². The molecule has 0 aromatic carbocycles. The maximum atomic E-state index is 10.2. The molecule has 0 atom stereocenters. The van der Waals surface area contributed by atoms with Gasteiger partial charge in [-0.05, 0) is 12.8 Å². The van der Waals surface area contributed by atoms with Gasteiger partial charge in [-0.2, -0.15) is 0 Å². The van der Waals surface area contributed by atoms with E-state index >= 15 is 0 Å². The molecule has 0 spiro atoms. The van der Waals surface area contributed by atoms with E-state index in [1.165, 1.54) is 31.8 Å². The summed E-state index contributed by atoms with van der Waals surface area (Å²) in [6.45, 7) is 2.17. The minimum absolute atomic E-state index is 0. The average Bonchev–Trinajstić information content (AvgIpc) is 2.08. The van der Waals surface area contributed by atoms with Crippen LogP contribution in [0.3, 0.4) is 0 Å². The first-order chi connectivity index (χ1) is 6.56. The molecule has 0 saturated heterocycles. The summed E-state index contributed by atoms with van der Waals surface area (Å²) in [5.74, 6) is -0.373. The molecular weight excluding hydrogens is 223 g/mol. The van der Waals surface area contributed by atoms with Crippen molar-refractivity contribution in [1.82, 2.24) is 0 Å². The minimum atomic E-state index is -4.06. The van der Waals surface area contributed by atoms with Gasteiger partial charge >= 0.3 is 29.6 Å². The molecule has 0 rings (SSSR count). The number of hydrogen-bond donors (Lipinski definition) is 0. The molecule has 0 unspecified atom stereocenters. The van der Waals surface area contributed by atoms with Gasteiger partial charge in [-0.1, -0.05) is 44.8 Å². The third-order valence-corrected chi connectivity index (χ3v) is 2.54. The molecule has 0 heterocycles. The first-order valence-corrected chi connectivity index (χ1v) is 6.72. The zero-order chi connectivity index (χ0) is 10.9. The molecule has 3 nitrogen and oxygen atoms in total. The summed E-state index contributed by atoms with van der Waals surface area (Å²) in [4.78, 5) is 0. The van der Waals surface area contributed by atoms with Gasteiger partial charge in [0.15, 0.2) is 0 Å². The van der Waals surface area contributed by atoms with E-state index in [2.05, 4.69) is 6.92 Å². The molecule has 0 bridgehead atoms. The van der Waals surface area contributed by atoms with E-state index in [1.54, 1.807) is 6.08 Å². The van der Waals surface area contributed by atoms with Crippen molar-refractivity contribution < 1.29 is 42.5 Å². The fourth-order valence-corrected chi connectivity index (χ4v) is 1.54. The van der Waals surface area contributed by atoms with Gasteiger partial charge in [-0.3, -0.25) is 0 Å². The Bertz CT molecular complexity index is 247. The van der Waals surface area contributed by atoms with Crippen LogP contribution in [-0.4, -0.2) is 18.7 Å². The topological polar surface area (TPSA) is 57.2 Å². The number of unbranched alkanes of at least 4 members (excludes halogenated alkanes) is 5. The molecule has 0 aliphatic heterocycles. The molecule has 0 aliphatic rings. The molecule has 5 heteroatoms. The molecule has 0 aromatic rings. The van der Waals surface area contributed by atoms with E-state index in [1.807, 2.05) is 0 Å². The first-order valence-electron chi connectivity index (χ1n) is 5.15. The van der Waals surface area contributed by atoms with Crippen molar-refractivity contribution >= 4 is 10.1 Å². The van der Waals surface area contributed by atoms with Crippen molar-refractivity contribution in [2.24, 2.45) is 0 Å². The van der Waals surface area contributed by atoms with Gasteiger partial charge in [-0.25, -0.2) is 8.42 Å². The Balaban J connectivity index is 0. The van der Waals surface area contributed by atoms with Crippen molar-refractivity contribution in [3.8, 4) is 0 Å². The van der Waals surface area contributed by atoms with Crippen LogP contribution in [0.25, 0.3) is 0 Å². The summed E-state index contributed by atoms with van der Waals surface area (Å²) in [6.07, 6.45) is 10.1. The van der Waals surface area contributed by atoms with Crippen molar-refractivity contribution in [2.75, 3.05) is 5.75 Å². The van der Waals surface area contributed by atoms with Crippen LogP contribution in [0.5, 0.6) is 0 Å². The fraction of sp³-hybridized carbons (Fsp3) is 0.800. The Morgan fingerprint density at radius 2 is 1.67 bits per heavy atom. The SMILES string of the molecule is CCCCCCC/C=C/CS(=O)(=O)[O-].[Na+]. The van der Waals surface area contributed by atoms with Crippen molar-refractivity contribution in [3.63, 3.8) is 0 Å². The van der Waals surface area contributed by atoms with E-state index in [0.29, 0.717) is 0 Å². The zero-order valence-corrected chi connectivity index (χ0v) is 12.6. The second kappa shape index (κ2) is 11.1. The summed E-state index contributed by atoms with van der Waals surface area (Å²) in [6, 6.07) is 0. The van der Waals surface area contributed by atoms with Crippen LogP contribution in [0.1, 0.15) is 45.4 Å². The third kappa shape index (κ3) is 17.3. The molecule has 84 valence electrons. The van der Waals surface area contributed by atoms with Crippen LogP contribution in [0.15, 0.2) is 12.2 Å². The Kier molecular flexibility index (Phi) is 13.4. The molecular formula is C10H19NaO3S. The van der Waals surface area contributed by atoms with E-state index < -0.39 is 10.1 Å². The Labute approximate surface area is 115 Å². The van der Waals surface area contributed by atoms with Crippen molar-refractivity contribution in [3.05, 3.63) is 12.2 Å². The molecule has 0 radical (unpaired) electrons. The maximum absolute atomic E-state index is 10.2. The number of allylic oxidation sites excluding steroid dienone is 1. The van der Waals surface area contributed by atoms with E-state index in [4.69, 9.17) is 0 Å². The molecule has 0 saturated carbocycles. The fourth-order valence-electron chi connectivity index (χ4n) is 1.17. The predicted octanol–water partition coefficient (Wildman–Crippen LogP) is -0.548. The van der Waals surface area contributed by atoms with Gasteiger partial charge < -0.3 is 4.55 Å². The molecule has 15 heavy (non-hydrogen) atoms. The maximum Gasteiger partial charge on any atom is 1.00 e. The quantitative estimate of drug-likeness (QED) is 0.248. The van der Waals surface area contributed by atoms with Crippen LogP contribution < -0.4 is 29.6 Å². The Morgan fingerprint density at radius 3 is 2.20 bits per heavy atom. The standard InChI is InChI=1S/C10H20O3S.Na/c1-2-3-4-5-6-7-8-9-10-14(11,12)13;/h8-9H,2-7,10H2,1H3,(H,11,12,13);/q;+1/p-1/b9-8+;. The third-order valence-electron chi connectivity index (χ3n) is 1.94. The van der Waals surface area contributed by atoms with E-state index in [-0.39, 0.29) is 35.3 Å². The average molecular weight is 242 g/mol. The Morgan fingerprint density at radius 1 is 1.07 bits per heavy atom. The number of hydrogen-bond acceptors (Lipinski definition) is 3. The smallest absolute Gasteiger partial charge is 0.748 e. The molecule has 0 aliphatic carbocycles. The first kappa shape index (κ1) is 18.0. The zero-order valence-electron chi connectivity index (χ0n) is 9.74. The van der Waals surface area contributed by atoms with Crippen molar-refractivity contribution in [2.45, 2.75) is 45.4 Å². The van der Waals surface area contributed by atoms with Crippen molar-refractivity contribution in [1.29, 1.82) is 0 Å². The second-order valence-corrected chi connectivity index (χ2v) is 4.85. The predicted molar refractivity (Wildman–Crippen MR) is 57.1 cm³/mol. The van der Waals surface area contributed by atoms with Crippen LogP contribution in [0, 0.1) is 0 Å².